The second-order valence-corrected chi connectivity index (χ2v) is 4.59. The maximum atomic E-state index is 12.0. The number of rotatable bonds is 3. The number of nitrogens with one attached hydrogen (secondary N) is 2. The van der Waals surface area contributed by atoms with Crippen LogP contribution in [-0.4, -0.2) is 20.1 Å². The van der Waals surface area contributed by atoms with E-state index in [4.69, 9.17) is 4.74 Å². The first-order valence-electron chi connectivity index (χ1n) is 5.26. The zero-order valence-corrected chi connectivity index (χ0v) is 12.3. The number of hydrazine groups is 1. The Morgan fingerprint density at radius 2 is 1.76 bits per heavy atom. The van der Waals surface area contributed by atoms with Gasteiger partial charge in [-0.2, -0.15) is 0 Å². The van der Waals surface area contributed by atoms with Crippen molar-refractivity contribution in [3.8, 4) is 5.75 Å². The molecule has 0 saturated carbocycles. The van der Waals surface area contributed by atoms with Gasteiger partial charge in [0.15, 0.2) is 0 Å². The molecule has 0 spiro atoms. The lowest BCUT2D eigenvalue weighted by atomic mass is 9.98. The van der Waals surface area contributed by atoms with Crippen LogP contribution in [0, 0.1) is 20.8 Å². The predicted molar refractivity (Wildman–Crippen MR) is 71.4 cm³/mol. The maximum absolute atomic E-state index is 12.0. The molecule has 1 amide bonds. The summed E-state index contributed by atoms with van der Waals surface area (Å²) in [7, 11) is 3.22. The van der Waals surface area contributed by atoms with Crippen LogP contribution in [0.3, 0.4) is 0 Å². The van der Waals surface area contributed by atoms with Gasteiger partial charge >= 0.3 is 0 Å². The molecule has 0 unspecified atom stereocenters. The molecule has 5 heteroatoms. The second-order valence-electron chi connectivity index (χ2n) is 3.80. The van der Waals surface area contributed by atoms with Crippen LogP contribution in [0.1, 0.15) is 27.0 Å². The fourth-order valence-corrected chi connectivity index (χ4v) is 2.28. The number of methoxy groups -OCH3 is 1. The first kappa shape index (κ1) is 14.0. The number of benzene rings is 1. The molecule has 0 aliphatic carbocycles. The van der Waals surface area contributed by atoms with E-state index in [1.54, 1.807) is 14.2 Å². The van der Waals surface area contributed by atoms with Crippen molar-refractivity contribution >= 4 is 21.8 Å². The van der Waals surface area contributed by atoms with Crippen molar-refractivity contribution < 1.29 is 9.53 Å². The van der Waals surface area contributed by atoms with Gasteiger partial charge in [0.05, 0.1) is 12.7 Å². The van der Waals surface area contributed by atoms with E-state index in [0.717, 1.165) is 21.2 Å². The van der Waals surface area contributed by atoms with Crippen molar-refractivity contribution in [2.75, 3.05) is 14.2 Å². The molecular formula is C12H17BrN2O2. The fraction of sp³-hybridized carbons (Fsp3) is 0.417. The molecular weight excluding hydrogens is 284 g/mol. The highest BCUT2D eigenvalue weighted by molar-refractivity contribution is 9.10. The van der Waals surface area contributed by atoms with Gasteiger partial charge in [-0.05, 0) is 37.5 Å². The van der Waals surface area contributed by atoms with Crippen LogP contribution in [0.4, 0.5) is 0 Å². The van der Waals surface area contributed by atoms with Gasteiger partial charge in [0.25, 0.3) is 5.91 Å². The minimum Gasteiger partial charge on any atom is -0.496 e. The van der Waals surface area contributed by atoms with E-state index in [1.165, 1.54) is 0 Å². The molecule has 0 fully saturated rings. The molecule has 1 aromatic rings. The minimum atomic E-state index is -0.203. The lowest BCUT2D eigenvalue weighted by Crippen LogP contribution is -2.35. The molecule has 0 bridgehead atoms. The summed E-state index contributed by atoms with van der Waals surface area (Å²) in [6.45, 7) is 5.83. The standard InChI is InChI=1S/C12H17BrN2O2/c1-6-7(2)11(17-5)9(8(3)10(6)13)12(16)15-14-4/h14H,1-5H3,(H,15,16). The summed E-state index contributed by atoms with van der Waals surface area (Å²) in [4.78, 5) is 12.0. The lowest BCUT2D eigenvalue weighted by molar-refractivity contribution is 0.0934. The molecule has 0 heterocycles. The highest BCUT2D eigenvalue weighted by atomic mass is 79.9. The third-order valence-electron chi connectivity index (χ3n) is 2.83. The Labute approximate surface area is 110 Å². The summed E-state index contributed by atoms with van der Waals surface area (Å²) in [5.41, 5.74) is 8.66. The second kappa shape index (κ2) is 5.51. The number of hydrogen-bond acceptors (Lipinski definition) is 3. The average molecular weight is 301 g/mol. The Morgan fingerprint density at radius 1 is 1.18 bits per heavy atom. The Morgan fingerprint density at radius 3 is 2.24 bits per heavy atom. The predicted octanol–water partition coefficient (Wildman–Crippen LogP) is 2.25. The van der Waals surface area contributed by atoms with Crippen LogP contribution in [-0.2, 0) is 0 Å². The summed E-state index contributed by atoms with van der Waals surface area (Å²) < 4.78 is 6.29. The van der Waals surface area contributed by atoms with Crippen LogP contribution in [0.5, 0.6) is 5.75 Å². The number of ether oxygens (including phenoxy) is 1. The first-order chi connectivity index (χ1) is 7.95. The van der Waals surface area contributed by atoms with Crippen molar-refractivity contribution in [2.24, 2.45) is 0 Å². The zero-order valence-electron chi connectivity index (χ0n) is 10.7. The van der Waals surface area contributed by atoms with E-state index in [1.807, 2.05) is 20.8 Å². The summed E-state index contributed by atoms with van der Waals surface area (Å²) in [5.74, 6) is 0.418. The SMILES string of the molecule is CNNC(=O)c1c(C)c(Br)c(C)c(C)c1OC. The smallest absolute Gasteiger partial charge is 0.269 e. The highest BCUT2D eigenvalue weighted by Gasteiger charge is 2.21. The monoisotopic (exact) mass is 300 g/mol. The zero-order chi connectivity index (χ0) is 13.2. The van der Waals surface area contributed by atoms with Gasteiger partial charge in [-0.1, -0.05) is 15.9 Å². The van der Waals surface area contributed by atoms with E-state index < -0.39 is 0 Å². The van der Waals surface area contributed by atoms with E-state index in [2.05, 4.69) is 26.8 Å². The van der Waals surface area contributed by atoms with Crippen LogP contribution in [0.25, 0.3) is 0 Å². The molecule has 0 radical (unpaired) electrons. The first-order valence-corrected chi connectivity index (χ1v) is 6.05. The molecule has 4 nitrogen and oxygen atoms in total. The number of carbonyl (C=O) groups excluding carboxylic acids is 1. The van der Waals surface area contributed by atoms with Gasteiger partial charge in [-0.25, -0.2) is 5.43 Å². The average Bonchev–Trinajstić information content (AvgIpc) is 2.31. The molecule has 0 aromatic heterocycles. The van der Waals surface area contributed by atoms with Gasteiger partial charge in [-0.3, -0.25) is 10.2 Å². The third kappa shape index (κ3) is 2.45. The van der Waals surface area contributed by atoms with E-state index in [0.29, 0.717) is 11.3 Å². The fourth-order valence-electron chi connectivity index (χ4n) is 1.79. The largest absolute Gasteiger partial charge is 0.496 e. The number of halogens is 1. The van der Waals surface area contributed by atoms with Crippen LogP contribution in [0.2, 0.25) is 0 Å². The summed E-state index contributed by atoms with van der Waals surface area (Å²) in [6, 6.07) is 0. The maximum Gasteiger partial charge on any atom is 0.269 e. The van der Waals surface area contributed by atoms with Crippen molar-refractivity contribution in [1.82, 2.24) is 10.9 Å². The van der Waals surface area contributed by atoms with Gasteiger partial charge in [0.1, 0.15) is 5.75 Å². The van der Waals surface area contributed by atoms with Crippen LogP contribution >= 0.6 is 15.9 Å². The van der Waals surface area contributed by atoms with Crippen LogP contribution in [0.15, 0.2) is 4.47 Å². The van der Waals surface area contributed by atoms with E-state index in [9.17, 15) is 4.79 Å². The Balaban J connectivity index is 3.52. The number of hydrogen-bond donors (Lipinski definition) is 2. The van der Waals surface area contributed by atoms with Gasteiger partial charge < -0.3 is 4.74 Å². The van der Waals surface area contributed by atoms with Crippen molar-refractivity contribution in [2.45, 2.75) is 20.8 Å². The van der Waals surface area contributed by atoms with Crippen molar-refractivity contribution in [3.05, 3.63) is 26.7 Å². The third-order valence-corrected chi connectivity index (χ3v) is 4.02. The topological polar surface area (TPSA) is 50.4 Å². The molecule has 0 aliphatic heterocycles. The summed E-state index contributed by atoms with van der Waals surface area (Å²) in [5, 5.41) is 0. The quantitative estimate of drug-likeness (QED) is 0.842. The molecule has 0 aliphatic rings. The number of amides is 1. The Kier molecular flexibility index (Phi) is 4.54. The van der Waals surface area contributed by atoms with E-state index >= 15 is 0 Å². The molecule has 17 heavy (non-hydrogen) atoms. The Hall–Kier alpha value is -1.07. The molecule has 0 atom stereocenters. The summed E-state index contributed by atoms with van der Waals surface area (Å²) in [6.07, 6.45) is 0. The van der Waals surface area contributed by atoms with Crippen molar-refractivity contribution in [3.63, 3.8) is 0 Å². The normalized spacial score (nSPS) is 10.2. The highest BCUT2D eigenvalue weighted by Crippen LogP contribution is 2.35. The van der Waals surface area contributed by atoms with Gasteiger partial charge in [0, 0.05) is 11.5 Å². The molecule has 1 rings (SSSR count). The van der Waals surface area contributed by atoms with Gasteiger partial charge in [-0.15, -0.1) is 0 Å². The Bertz CT molecular complexity index is 459. The van der Waals surface area contributed by atoms with Crippen LogP contribution < -0.4 is 15.6 Å². The minimum absolute atomic E-state index is 0.203. The molecule has 2 N–H and O–H groups in total. The summed E-state index contributed by atoms with van der Waals surface area (Å²) >= 11 is 3.51. The van der Waals surface area contributed by atoms with Gasteiger partial charge in [0.2, 0.25) is 0 Å². The van der Waals surface area contributed by atoms with E-state index in [-0.39, 0.29) is 5.91 Å². The molecule has 1 aromatic carbocycles. The number of carbonyl (C=O) groups is 1. The lowest BCUT2D eigenvalue weighted by Gasteiger charge is -2.18. The molecule has 94 valence electrons. The molecule has 0 saturated heterocycles. The van der Waals surface area contributed by atoms with Crippen molar-refractivity contribution in [1.29, 1.82) is 0 Å².